The lowest BCUT2D eigenvalue weighted by molar-refractivity contribution is -0.142. The number of carbonyl (C=O) groups is 2. The van der Waals surface area contributed by atoms with Crippen LogP contribution in [0.2, 0.25) is 0 Å². The lowest BCUT2D eigenvalue weighted by Gasteiger charge is -2.15. The maximum absolute atomic E-state index is 11.5. The third-order valence-corrected chi connectivity index (χ3v) is 2.47. The van der Waals surface area contributed by atoms with Crippen molar-refractivity contribution in [3.8, 4) is 0 Å². The Hall–Kier alpha value is -1.10. The van der Waals surface area contributed by atoms with Gasteiger partial charge in [0.15, 0.2) is 0 Å². The Morgan fingerprint density at radius 2 is 1.94 bits per heavy atom. The van der Waals surface area contributed by atoms with Crippen LogP contribution >= 0.6 is 0 Å². The van der Waals surface area contributed by atoms with E-state index in [9.17, 15) is 9.59 Å². The lowest BCUT2D eigenvalue weighted by Crippen LogP contribution is -2.38. The first-order chi connectivity index (χ1) is 7.52. The molecule has 0 aliphatic heterocycles. The van der Waals surface area contributed by atoms with E-state index < -0.39 is 11.9 Å². The first-order valence-electron chi connectivity index (χ1n) is 5.68. The molecule has 0 heterocycles. The van der Waals surface area contributed by atoms with Crippen molar-refractivity contribution >= 4 is 11.9 Å². The minimum absolute atomic E-state index is 0.100. The van der Waals surface area contributed by atoms with Crippen LogP contribution in [-0.2, 0) is 9.59 Å². The minimum atomic E-state index is -0.844. The molecule has 0 saturated carbocycles. The number of amides is 1. The summed E-state index contributed by atoms with van der Waals surface area (Å²) >= 11 is 0. The zero-order valence-electron chi connectivity index (χ0n) is 10.2. The molecule has 16 heavy (non-hydrogen) atoms. The summed E-state index contributed by atoms with van der Waals surface area (Å²) in [6, 6.07) is 0. The Morgan fingerprint density at radius 3 is 2.38 bits per heavy atom. The average molecular weight is 230 g/mol. The van der Waals surface area contributed by atoms with Gasteiger partial charge >= 0.3 is 5.97 Å². The Kier molecular flexibility index (Phi) is 7.54. The topological polar surface area (TPSA) is 78.4 Å². The van der Waals surface area contributed by atoms with Gasteiger partial charge in [-0.05, 0) is 13.5 Å². The minimum Gasteiger partial charge on any atom is -0.481 e. The van der Waals surface area contributed by atoms with Gasteiger partial charge in [-0.15, -0.1) is 0 Å². The van der Waals surface area contributed by atoms with Crippen molar-refractivity contribution in [3.63, 3.8) is 0 Å². The molecule has 0 saturated heterocycles. The standard InChI is InChI=1S/C11H22N2O3/c1-4-5-9(11(15)16)7-13-10(14)8(2)6-12-3/h8-9,12H,4-7H2,1-3H3,(H,13,14)(H,15,16). The van der Waals surface area contributed by atoms with Crippen molar-refractivity contribution in [2.45, 2.75) is 26.7 Å². The number of nitrogens with one attached hydrogen (secondary N) is 2. The fraction of sp³-hybridized carbons (Fsp3) is 0.818. The Balaban J connectivity index is 4.00. The fourth-order valence-electron chi connectivity index (χ4n) is 1.46. The molecule has 0 aromatic carbocycles. The quantitative estimate of drug-likeness (QED) is 0.566. The largest absolute Gasteiger partial charge is 0.481 e. The molecule has 2 unspecified atom stereocenters. The van der Waals surface area contributed by atoms with Gasteiger partial charge < -0.3 is 15.7 Å². The molecule has 0 aliphatic carbocycles. The second-order valence-corrected chi connectivity index (χ2v) is 4.03. The van der Waals surface area contributed by atoms with Crippen molar-refractivity contribution < 1.29 is 14.7 Å². The summed E-state index contributed by atoms with van der Waals surface area (Å²) in [7, 11) is 1.78. The van der Waals surface area contributed by atoms with Crippen molar-refractivity contribution in [2.24, 2.45) is 11.8 Å². The number of rotatable bonds is 8. The van der Waals surface area contributed by atoms with Crippen LogP contribution in [-0.4, -0.2) is 37.1 Å². The maximum atomic E-state index is 11.5. The molecule has 0 rings (SSSR count). The fourth-order valence-corrected chi connectivity index (χ4v) is 1.46. The Morgan fingerprint density at radius 1 is 1.31 bits per heavy atom. The molecular weight excluding hydrogens is 208 g/mol. The summed E-state index contributed by atoms with van der Waals surface area (Å²) in [5.74, 6) is -1.56. The van der Waals surface area contributed by atoms with Gasteiger partial charge in [-0.2, -0.15) is 0 Å². The smallest absolute Gasteiger partial charge is 0.308 e. The van der Waals surface area contributed by atoms with E-state index in [0.717, 1.165) is 6.42 Å². The summed E-state index contributed by atoms with van der Waals surface area (Å²) < 4.78 is 0. The van der Waals surface area contributed by atoms with E-state index in [-0.39, 0.29) is 18.4 Å². The summed E-state index contributed by atoms with van der Waals surface area (Å²) in [5.41, 5.74) is 0. The molecule has 94 valence electrons. The summed E-state index contributed by atoms with van der Waals surface area (Å²) in [5, 5.41) is 14.5. The zero-order chi connectivity index (χ0) is 12.6. The van der Waals surface area contributed by atoms with Gasteiger partial charge in [0, 0.05) is 19.0 Å². The van der Waals surface area contributed by atoms with Crippen molar-refractivity contribution in [1.82, 2.24) is 10.6 Å². The van der Waals surface area contributed by atoms with E-state index in [1.165, 1.54) is 0 Å². The first kappa shape index (κ1) is 14.9. The van der Waals surface area contributed by atoms with Crippen LogP contribution in [0.1, 0.15) is 26.7 Å². The molecule has 2 atom stereocenters. The van der Waals surface area contributed by atoms with E-state index in [1.807, 2.05) is 6.92 Å². The molecule has 5 nitrogen and oxygen atoms in total. The molecule has 0 fully saturated rings. The summed E-state index contributed by atoms with van der Waals surface area (Å²) in [6.45, 7) is 4.55. The molecule has 0 bridgehead atoms. The van der Waals surface area contributed by atoms with Gasteiger partial charge in [-0.25, -0.2) is 0 Å². The number of carbonyl (C=O) groups excluding carboxylic acids is 1. The van der Waals surface area contributed by atoms with E-state index in [2.05, 4.69) is 10.6 Å². The van der Waals surface area contributed by atoms with E-state index in [4.69, 9.17) is 5.11 Å². The van der Waals surface area contributed by atoms with Crippen molar-refractivity contribution in [2.75, 3.05) is 20.1 Å². The maximum Gasteiger partial charge on any atom is 0.308 e. The molecule has 0 spiro atoms. The lowest BCUT2D eigenvalue weighted by atomic mass is 10.0. The van der Waals surface area contributed by atoms with E-state index >= 15 is 0 Å². The average Bonchev–Trinajstić information content (AvgIpc) is 2.23. The van der Waals surface area contributed by atoms with Gasteiger partial charge in [0.1, 0.15) is 0 Å². The molecular formula is C11H22N2O3. The van der Waals surface area contributed by atoms with Crippen LogP contribution in [0.5, 0.6) is 0 Å². The molecule has 1 amide bonds. The predicted octanol–water partition coefficient (Wildman–Crippen LogP) is 0.459. The molecule has 0 aliphatic rings. The van der Waals surface area contributed by atoms with Gasteiger partial charge in [0.25, 0.3) is 0 Å². The molecule has 0 aromatic rings. The Bertz CT molecular complexity index is 231. The van der Waals surface area contributed by atoms with Gasteiger partial charge in [0.2, 0.25) is 5.91 Å². The molecule has 0 radical (unpaired) electrons. The van der Waals surface area contributed by atoms with Crippen LogP contribution in [0, 0.1) is 11.8 Å². The number of hydrogen-bond acceptors (Lipinski definition) is 3. The highest BCUT2D eigenvalue weighted by Gasteiger charge is 2.18. The first-order valence-corrected chi connectivity index (χ1v) is 5.68. The number of hydrogen-bond donors (Lipinski definition) is 3. The third-order valence-electron chi connectivity index (χ3n) is 2.47. The van der Waals surface area contributed by atoms with Crippen LogP contribution in [0.25, 0.3) is 0 Å². The normalized spacial score (nSPS) is 14.2. The number of carboxylic acid groups (broad SMARTS) is 1. The second kappa shape index (κ2) is 8.10. The van der Waals surface area contributed by atoms with E-state index in [0.29, 0.717) is 13.0 Å². The Labute approximate surface area is 96.6 Å². The summed E-state index contributed by atoms with van der Waals surface area (Å²) in [6.07, 6.45) is 1.40. The molecule has 0 aromatic heterocycles. The third kappa shape index (κ3) is 5.70. The summed E-state index contributed by atoms with van der Waals surface area (Å²) in [4.78, 5) is 22.4. The van der Waals surface area contributed by atoms with Crippen LogP contribution < -0.4 is 10.6 Å². The number of carboxylic acids is 1. The molecule has 5 heteroatoms. The van der Waals surface area contributed by atoms with Gasteiger partial charge in [-0.3, -0.25) is 9.59 Å². The van der Waals surface area contributed by atoms with Crippen molar-refractivity contribution in [3.05, 3.63) is 0 Å². The highest BCUT2D eigenvalue weighted by molar-refractivity contribution is 5.79. The number of aliphatic carboxylic acids is 1. The van der Waals surface area contributed by atoms with Crippen molar-refractivity contribution in [1.29, 1.82) is 0 Å². The van der Waals surface area contributed by atoms with Crippen LogP contribution in [0.4, 0.5) is 0 Å². The highest BCUT2D eigenvalue weighted by Crippen LogP contribution is 2.05. The van der Waals surface area contributed by atoms with Gasteiger partial charge in [-0.1, -0.05) is 20.3 Å². The predicted molar refractivity (Wildman–Crippen MR) is 62.1 cm³/mol. The van der Waals surface area contributed by atoms with Crippen LogP contribution in [0.3, 0.4) is 0 Å². The van der Waals surface area contributed by atoms with Gasteiger partial charge in [0.05, 0.1) is 5.92 Å². The van der Waals surface area contributed by atoms with Crippen LogP contribution in [0.15, 0.2) is 0 Å². The highest BCUT2D eigenvalue weighted by atomic mass is 16.4. The monoisotopic (exact) mass is 230 g/mol. The molecule has 3 N–H and O–H groups in total. The SMILES string of the molecule is CCCC(CNC(=O)C(C)CNC)C(=O)O. The van der Waals surface area contributed by atoms with E-state index in [1.54, 1.807) is 14.0 Å². The second-order valence-electron chi connectivity index (χ2n) is 4.03. The zero-order valence-corrected chi connectivity index (χ0v) is 10.2.